The number of rotatable bonds is 6. The number of aromatic nitrogens is 3. The van der Waals surface area contributed by atoms with Crippen LogP contribution in [0.1, 0.15) is 32.2 Å². The van der Waals surface area contributed by atoms with Crippen LogP contribution in [0.2, 0.25) is 0 Å². The lowest BCUT2D eigenvalue weighted by molar-refractivity contribution is 0.242. The number of hydrogen-bond donors (Lipinski definition) is 0. The minimum absolute atomic E-state index is 0.157. The van der Waals surface area contributed by atoms with Gasteiger partial charge in [0.05, 0.1) is 12.3 Å². The van der Waals surface area contributed by atoms with Gasteiger partial charge in [-0.3, -0.25) is 0 Å². The van der Waals surface area contributed by atoms with Gasteiger partial charge >= 0.3 is 0 Å². The fourth-order valence-electron chi connectivity index (χ4n) is 1.82. The van der Waals surface area contributed by atoms with E-state index in [1.54, 1.807) is 10.9 Å². The quantitative estimate of drug-likeness (QED) is 0.607. The smallest absolute Gasteiger partial charge is 0.211 e. The Labute approximate surface area is 129 Å². The average Bonchev–Trinajstić information content (AvgIpc) is 2.86. The molecule has 0 radical (unpaired) electrons. The molecule has 0 fully saturated rings. The van der Waals surface area contributed by atoms with Crippen LogP contribution in [0.3, 0.4) is 0 Å². The first-order chi connectivity index (χ1) is 10.1. The number of ether oxygens (including phenoxy) is 1. The largest absolute Gasteiger partial charge is 0.491 e. The summed E-state index contributed by atoms with van der Waals surface area (Å²) >= 11 is 1.53. The van der Waals surface area contributed by atoms with Crippen molar-refractivity contribution >= 4 is 18.0 Å². The Kier molecular flexibility index (Phi) is 5.38. The number of thioether (sulfide) groups is 1. The second kappa shape index (κ2) is 7.26. The number of benzene rings is 1. The van der Waals surface area contributed by atoms with Crippen LogP contribution < -0.4 is 4.74 Å². The van der Waals surface area contributed by atoms with Gasteiger partial charge in [0.25, 0.3) is 0 Å². The number of nitrogens with zero attached hydrogens (tertiary/aromatic N) is 4. The molecule has 1 aromatic heterocycles. The molecule has 0 saturated heterocycles. The van der Waals surface area contributed by atoms with E-state index in [1.165, 1.54) is 11.8 Å². The molecule has 6 heteroatoms. The van der Waals surface area contributed by atoms with Crippen LogP contribution in [-0.2, 0) is 6.42 Å². The zero-order chi connectivity index (χ0) is 15.2. The molecule has 5 nitrogen and oxygen atoms in total. The van der Waals surface area contributed by atoms with Gasteiger partial charge in [0, 0.05) is 6.42 Å². The van der Waals surface area contributed by atoms with Gasteiger partial charge in [-0.05, 0) is 37.8 Å². The van der Waals surface area contributed by atoms with Crippen molar-refractivity contribution in [1.82, 2.24) is 14.9 Å². The molecule has 0 aliphatic heterocycles. The molecule has 2 aromatic rings. The normalized spacial score (nSPS) is 11.5. The van der Waals surface area contributed by atoms with Gasteiger partial charge in [0.2, 0.25) is 5.16 Å². The first-order valence-corrected chi connectivity index (χ1v) is 8.15. The van der Waals surface area contributed by atoms with Crippen molar-refractivity contribution in [3.8, 4) is 5.75 Å². The van der Waals surface area contributed by atoms with E-state index in [0.29, 0.717) is 0 Å². The SMILES string of the molecule is CCc1nnc(SC)n1/N=C\c1cccc(OC(C)C)c1. The van der Waals surface area contributed by atoms with Crippen molar-refractivity contribution in [2.45, 2.75) is 38.5 Å². The fourth-order valence-corrected chi connectivity index (χ4v) is 2.27. The standard InChI is InChI=1S/C15H20N4OS/c1-5-14-17-18-15(21-4)19(14)16-10-12-7-6-8-13(9-12)20-11(2)3/h6-11H,5H2,1-4H3/b16-10-. The Hall–Kier alpha value is -1.82. The van der Waals surface area contributed by atoms with Gasteiger partial charge in [-0.15, -0.1) is 10.2 Å². The van der Waals surface area contributed by atoms with Gasteiger partial charge in [-0.25, -0.2) is 0 Å². The maximum Gasteiger partial charge on any atom is 0.211 e. The van der Waals surface area contributed by atoms with Crippen LogP contribution in [-0.4, -0.2) is 33.4 Å². The summed E-state index contributed by atoms with van der Waals surface area (Å²) in [5, 5.41) is 13.5. The molecule has 0 atom stereocenters. The van der Waals surface area contributed by atoms with Gasteiger partial charge in [0.1, 0.15) is 5.75 Å². The molecule has 112 valence electrons. The van der Waals surface area contributed by atoms with Gasteiger partial charge in [-0.2, -0.15) is 9.78 Å². The lowest BCUT2D eigenvalue weighted by atomic mass is 10.2. The van der Waals surface area contributed by atoms with Crippen molar-refractivity contribution in [3.05, 3.63) is 35.7 Å². The average molecular weight is 304 g/mol. The summed E-state index contributed by atoms with van der Waals surface area (Å²) in [7, 11) is 0. The van der Waals surface area contributed by atoms with Crippen LogP contribution in [0.15, 0.2) is 34.5 Å². The van der Waals surface area contributed by atoms with Crippen LogP contribution in [0.25, 0.3) is 0 Å². The highest BCUT2D eigenvalue weighted by atomic mass is 32.2. The van der Waals surface area contributed by atoms with Gasteiger partial charge in [-0.1, -0.05) is 30.8 Å². The summed E-state index contributed by atoms with van der Waals surface area (Å²) in [5.41, 5.74) is 0.982. The van der Waals surface area contributed by atoms with Crippen molar-refractivity contribution in [2.24, 2.45) is 5.10 Å². The summed E-state index contributed by atoms with van der Waals surface area (Å²) in [4.78, 5) is 0. The highest BCUT2D eigenvalue weighted by Gasteiger charge is 2.08. The molecule has 0 unspecified atom stereocenters. The first kappa shape index (κ1) is 15.6. The van der Waals surface area contributed by atoms with E-state index in [-0.39, 0.29) is 6.10 Å². The van der Waals surface area contributed by atoms with Crippen molar-refractivity contribution in [1.29, 1.82) is 0 Å². The van der Waals surface area contributed by atoms with Crippen molar-refractivity contribution in [3.63, 3.8) is 0 Å². The molecule has 0 aliphatic carbocycles. The number of aryl methyl sites for hydroxylation is 1. The fraction of sp³-hybridized carbons (Fsp3) is 0.400. The lowest BCUT2D eigenvalue weighted by Gasteiger charge is -2.09. The second-order valence-corrected chi connectivity index (χ2v) is 5.53. The molecule has 0 amide bonds. The summed E-state index contributed by atoms with van der Waals surface area (Å²) in [6, 6.07) is 7.87. The summed E-state index contributed by atoms with van der Waals surface area (Å²) < 4.78 is 7.46. The predicted molar refractivity (Wildman–Crippen MR) is 86.4 cm³/mol. The Bertz CT molecular complexity index is 600. The van der Waals surface area contributed by atoms with Crippen LogP contribution in [0, 0.1) is 0 Å². The monoisotopic (exact) mass is 304 g/mol. The van der Waals surface area contributed by atoms with E-state index >= 15 is 0 Å². The summed E-state index contributed by atoms with van der Waals surface area (Å²) in [5.74, 6) is 1.70. The number of hydrogen-bond acceptors (Lipinski definition) is 5. The zero-order valence-corrected chi connectivity index (χ0v) is 13.6. The highest BCUT2D eigenvalue weighted by molar-refractivity contribution is 7.98. The van der Waals surface area contributed by atoms with Gasteiger partial charge in [0.15, 0.2) is 5.82 Å². The Balaban J connectivity index is 2.23. The first-order valence-electron chi connectivity index (χ1n) is 6.93. The third kappa shape index (κ3) is 4.07. The van der Waals surface area contributed by atoms with E-state index in [9.17, 15) is 0 Å². The molecule has 1 heterocycles. The lowest BCUT2D eigenvalue weighted by Crippen LogP contribution is -2.05. The van der Waals surface area contributed by atoms with E-state index < -0.39 is 0 Å². The highest BCUT2D eigenvalue weighted by Crippen LogP contribution is 2.16. The molecule has 21 heavy (non-hydrogen) atoms. The molecule has 2 rings (SSSR count). The third-order valence-corrected chi connectivity index (χ3v) is 3.35. The maximum atomic E-state index is 5.68. The van der Waals surface area contributed by atoms with E-state index in [2.05, 4.69) is 15.3 Å². The topological polar surface area (TPSA) is 52.3 Å². The summed E-state index contributed by atoms with van der Waals surface area (Å²) in [6.45, 7) is 6.06. The Morgan fingerprint density at radius 2 is 2.19 bits per heavy atom. The second-order valence-electron chi connectivity index (χ2n) is 4.75. The van der Waals surface area contributed by atoms with Crippen molar-refractivity contribution in [2.75, 3.05) is 6.26 Å². The molecule has 0 N–H and O–H groups in total. The Morgan fingerprint density at radius 3 is 2.86 bits per heavy atom. The molecule has 0 saturated carbocycles. The molecule has 0 aliphatic rings. The molecular formula is C15H20N4OS. The summed E-state index contributed by atoms with van der Waals surface area (Å²) in [6.07, 6.45) is 4.72. The van der Waals surface area contributed by atoms with Crippen LogP contribution in [0.4, 0.5) is 0 Å². The molecule has 1 aromatic carbocycles. The minimum atomic E-state index is 0.157. The van der Waals surface area contributed by atoms with E-state index in [1.807, 2.05) is 51.3 Å². The zero-order valence-electron chi connectivity index (χ0n) is 12.8. The van der Waals surface area contributed by atoms with E-state index in [4.69, 9.17) is 4.74 Å². The van der Waals surface area contributed by atoms with E-state index in [0.717, 1.165) is 28.7 Å². The van der Waals surface area contributed by atoms with Crippen LogP contribution >= 0.6 is 11.8 Å². The molecule has 0 spiro atoms. The minimum Gasteiger partial charge on any atom is -0.491 e. The molecule has 0 bridgehead atoms. The van der Waals surface area contributed by atoms with Crippen molar-refractivity contribution < 1.29 is 4.74 Å². The third-order valence-electron chi connectivity index (χ3n) is 2.73. The van der Waals surface area contributed by atoms with Crippen LogP contribution in [0.5, 0.6) is 5.75 Å². The molecular weight excluding hydrogens is 284 g/mol. The Morgan fingerprint density at radius 1 is 1.38 bits per heavy atom. The predicted octanol–water partition coefficient (Wildman–Crippen LogP) is 3.23. The van der Waals surface area contributed by atoms with Gasteiger partial charge < -0.3 is 4.74 Å². The maximum absolute atomic E-state index is 5.68.